The van der Waals surface area contributed by atoms with E-state index in [0.29, 0.717) is 27.9 Å². The van der Waals surface area contributed by atoms with Gasteiger partial charge in [0, 0.05) is 5.75 Å². The minimum absolute atomic E-state index is 0.0714. The van der Waals surface area contributed by atoms with Crippen LogP contribution in [0.2, 0.25) is 0 Å². The largest absolute Gasteiger partial charge is 0.495 e. The fourth-order valence-electron chi connectivity index (χ4n) is 2.33. The number of hydrogen-bond acceptors (Lipinski definition) is 6. The number of fused-ring (bicyclic) bond motifs is 1. The minimum atomic E-state index is -0.0714. The number of aromatic nitrogens is 1. The SMILES string of the molecule is COc1ccc(OC)c2sc(NC(=O)CSCc3ccccc3)nc12. The molecule has 1 amide bonds. The lowest BCUT2D eigenvalue weighted by Gasteiger charge is -2.03. The Morgan fingerprint density at radius 2 is 1.84 bits per heavy atom. The van der Waals surface area contributed by atoms with E-state index < -0.39 is 0 Å². The Labute approximate surface area is 154 Å². The van der Waals surface area contributed by atoms with E-state index in [1.165, 1.54) is 16.9 Å². The molecule has 3 aromatic rings. The van der Waals surface area contributed by atoms with Gasteiger partial charge in [0.05, 0.1) is 20.0 Å². The molecule has 130 valence electrons. The highest BCUT2D eigenvalue weighted by Crippen LogP contribution is 2.38. The Hall–Kier alpha value is -2.25. The first-order valence-electron chi connectivity index (χ1n) is 7.64. The summed E-state index contributed by atoms with van der Waals surface area (Å²) in [6.45, 7) is 0. The van der Waals surface area contributed by atoms with Crippen LogP contribution in [0.4, 0.5) is 5.13 Å². The number of ether oxygens (including phenoxy) is 2. The van der Waals surface area contributed by atoms with Crippen molar-refractivity contribution >= 4 is 44.4 Å². The molecule has 1 N–H and O–H groups in total. The van der Waals surface area contributed by atoms with Gasteiger partial charge in [-0.1, -0.05) is 41.7 Å². The van der Waals surface area contributed by atoms with E-state index in [0.717, 1.165) is 10.5 Å². The number of hydrogen-bond donors (Lipinski definition) is 1. The van der Waals surface area contributed by atoms with Crippen molar-refractivity contribution in [2.24, 2.45) is 0 Å². The van der Waals surface area contributed by atoms with E-state index in [-0.39, 0.29) is 5.91 Å². The summed E-state index contributed by atoms with van der Waals surface area (Å²) >= 11 is 2.95. The normalized spacial score (nSPS) is 10.6. The van der Waals surface area contributed by atoms with Gasteiger partial charge in [-0.3, -0.25) is 4.79 Å². The van der Waals surface area contributed by atoms with Crippen LogP contribution in [0.5, 0.6) is 11.5 Å². The summed E-state index contributed by atoms with van der Waals surface area (Å²) < 4.78 is 11.5. The van der Waals surface area contributed by atoms with Crippen LogP contribution in [0.1, 0.15) is 5.56 Å². The predicted octanol–water partition coefficient (Wildman–Crippen LogP) is 4.19. The smallest absolute Gasteiger partial charge is 0.236 e. The van der Waals surface area contributed by atoms with Crippen molar-refractivity contribution in [1.29, 1.82) is 0 Å². The van der Waals surface area contributed by atoms with Gasteiger partial charge in [-0.05, 0) is 17.7 Å². The maximum absolute atomic E-state index is 12.2. The first-order chi connectivity index (χ1) is 12.2. The van der Waals surface area contributed by atoms with Gasteiger partial charge in [-0.25, -0.2) is 4.98 Å². The third-order valence-corrected chi connectivity index (χ3v) is 5.49. The summed E-state index contributed by atoms with van der Waals surface area (Å²) in [7, 11) is 3.21. The van der Waals surface area contributed by atoms with Crippen LogP contribution < -0.4 is 14.8 Å². The van der Waals surface area contributed by atoms with Crippen molar-refractivity contribution in [2.75, 3.05) is 25.3 Å². The summed E-state index contributed by atoms with van der Waals surface area (Å²) in [6, 6.07) is 13.7. The molecular formula is C18H18N2O3S2. The number of rotatable bonds is 7. The van der Waals surface area contributed by atoms with E-state index >= 15 is 0 Å². The highest BCUT2D eigenvalue weighted by molar-refractivity contribution is 7.99. The second-order valence-electron chi connectivity index (χ2n) is 5.19. The van der Waals surface area contributed by atoms with Crippen LogP contribution >= 0.6 is 23.1 Å². The second-order valence-corrected chi connectivity index (χ2v) is 7.18. The summed E-state index contributed by atoms with van der Waals surface area (Å²) in [5.41, 5.74) is 1.90. The first-order valence-corrected chi connectivity index (χ1v) is 9.61. The number of thioether (sulfide) groups is 1. The molecule has 1 heterocycles. The first kappa shape index (κ1) is 17.6. The van der Waals surface area contributed by atoms with Gasteiger partial charge in [0.15, 0.2) is 5.13 Å². The molecule has 25 heavy (non-hydrogen) atoms. The monoisotopic (exact) mass is 374 g/mol. The van der Waals surface area contributed by atoms with Crippen molar-refractivity contribution in [2.45, 2.75) is 5.75 Å². The van der Waals surface area contributed by atoms with Gasteiger partial charge in [0.1, 0.15) is 21.7 Å². The zero-order valence-electron chi connectivity index (χ0n) is 13.9. The zero-order valence-corrected chi connectivity index (χ0v) is 15.6. The van der Waals surface area contributed by atoms with Crippen molar-refractivity contribution in [3.8, 4) is 11.5 Å². The van der Waals surface area contributed by atoms with Crippen molar-refractivity contribution in [1.82, 2.24) is 4.98 Å². The molecule has 3 rings (SSSR count). The van der Waals surface area contributed by atoms with Gasteiger partial charge < -0.3 is 14.8 Å². The van der Waals surface area contributed by atoms with Crippen LogP contribution in [-0.2, 0) is 10.5 Å². The minimum Gasteiger partial charge on any atom is -0.495 e. The van der Waals surface area contributed by atoms with E-state index in [9.17, 15) is 4.79 Å². The number of carbonyl (C=O) groups is 1. The van der Waals surface area contributed by atoms with Gasteiger partial charge in [-0.2, -0.15) is 0 Å². The number of anilines is 1. The Morgan fingerprint density at radius 1 is 1.12 bits per heavy atom. The third kappa shape index (κ3) is 4.24. The van der Waals surface area contributed by atoms with Gasteiger partial charge in [0.2, 0.25) is 5.91 Å². The van der Waals surface area contributed by atoms with Crippen LogP contribution in [-0.4, -0.2) is 30.9 Å². The number of methoxy groups -OCH3 is 2. The Balaban J connectivity index is 1.65. The molecule has 5 nitrogen and oxygen atoms in total. The van der Waals surface area contributed by atoms with Crippen molar-refractivity contribution < 1.29 is 14.3 Å². The van der Waals surface area contributed by atoms with Crippen LogP contribution in [0.15, 0.2) is 42.5 Å². The average Bonchev–Trinajstić information content (AvgIpc) is 3.05. The van der Waals surface area contributed by atoms with E-state index in [1.807, 2.05) is 30.3 Å². The topological polar surface area (TPSA) is 60.5 Å². The molecule has 0 bridgehead atoms. The molecule has 2 aromatic carbocycles. The lowest BCUT2D eigenvalue weighted by molar-refractivity contribution is -0.113. The maximum Gasteiger partial charge on any atom is 0.236 e. The molecule has 0 aliphatic heterocycles. The maximum atomic E-state index is 12.2. The fourth-order valence-corrected chi connectivity index (χ4v) is 4.11. The molecule has 0 aliphatic rings. The van der Waals surface area contributed by atoms with Gasteiger partial charge in [-0.15, -0.1) is 11.8 Å². The number of carbonyl (C=O) groups excluding carboxylic acids is 1. The third-order valence-electron chi connectivity index (χ3n) is 3.50. The summed E-state index contributed by atoms with van der Waals surface area (Å²) in [6.07, 6.45) is 0. The van der Waals surface area contributed by atoms with E-state index in [1.54, 1.807) is 26.0 Å². The number of nitrogens with zero attached hydrogens (tertiary/aromatic N) is 1. The molecule has 0 atom stereocenters. The van der Waals surface area contributed by atoms with Crippen LogP contribution in [0, 0.1) is 0 Å². The molecule has 0 spiro atoms. The average molecular weight is 374 g/mol. The molecule has 0 unspecified atom stereocenters. The number of amides is 1. The number of thiazole rings is 1. The van der Waals surface area contributed by atoms with E-state index in [4.69, 9.17) is 9.47 Å². The second kappa shape index (κ2) is 8.22. The Bertz CT molecular complexity index is 824. The molecule has 7 heteroatoms. The summed E-state index contributed by atoms with van der Waals surface area (Å²) in [5, 5.41) is 3.40. The molecule has 0 fully saturated rings. The molecule has 0 saturated heterocycles. The lowest BCUT2D eigenvalue weighted by Crippen LogP contribution is -2.13. The quantitative estimate of drug-likeness (QED) is 0.672. The Kier molecular flexibility index (Phi) is 5.78. The Morgan fingerprint density at radius 3 is 2.56 bits per heavy atom. The molecule has 0 radical (unpaired) electrons. The van der Waals surface area contributed by atoms with Crippen LogP contribution in [0.25, 0.3) is 10.2 Å². The van der Waals surface area contributed by atoms with Gasteiger partial charge >= 0.3 is 0 Å². The highest BCUT2D eigenvalue weighted by Gasteiger charge is 2.15. The summed E-state index contributed by atoms with van der Waals surface area (Å²) in [5.74, 6) is 2.48. The molecule has 1 aromatic heterocycles. The predicted molar refractivity (Wildman–Crippen MR) is 104 cm³/mol. The van der Waals surface area contributed by atoms with Crippen LogP contribution in [0.3, 0.4) is 0 Å². The highest BCUT2D eigenvalue weighted by atomic mass is 32.2. The molecular weight excluding hydrogens is 356 g/mol. The number of nitrogens with one attached hydrogen (secondary N) is 1. The summed E-state index contributed by atoms with van der Waals surface area (Å²) in [4.78, 5) is 16.6. The standard InChI is InChI=1S/C18H18N2O3S2/c1-22-13-8-9-14(23-2)17-16(13)20-18(25-17)19-15(21)11-24-10-12-6-4-3-5-7-12/h3-9H,10-11H2,1-2H3,(H,19,20,21). The fraction of sp³-hybridized carbons (Fsp3) is 0.222. The lowest BCUT2D eigenvalue weighted by atomic mass is 10.2. The van der Waals surface area contributed by atoms with E-state index in [2.05, 4.69) is 22.4 Å². The zero-order chi connectivity index (χ0) is 17.6. The van der Waals surface area contributed by atoms with Crippen molar-refractivity contribution in [3.63, 3.8) is 0 Å². The molecule has 0 aliphatic carbocycles. The number of benzene rings is 2. The van der Waals surface area contributed by atoms with Crippen molar-refractivity contribution in [3.05, 3.63) is 48.0 Å². The van der Waals surface area contributed by atoms with Gasteiger partial charge in [0.25, 0.3) is 0 Å². The molecule has 0 saturated carbocycles.